The molecule has 0 heterocycles. The lowest BCUT2D eigenvalue weighted by Gasteiger charge is -2.49. The molecule has 0 bridgehead atoms. The summed E-state index contributed by atoms with van der Waals surface area (Å²) in [6.45, 7) is 6.17. The number of sulfonamides is 1. The molecule has 0 radical (unpaired) electrons. The summed E-state index contributed by atoms with van der Waals surface area (Å²) in [6.07, 6.45) is 2.78. The van der Waals surface area contributed by atoms with Crippen LogP contribution in [-0.4, -0.2) is 26.7 Å². The predicted octanol–water partition coefficient (Wildman–Crippen LogP) is 3.37. The van der Waals surface area contributed by atoms with E-state index < -0.39 is 27.3 Å². The third-order valence-corrected chi connectivity index (χ3v) is 5.87. The lowest BCUT2D eigenvalue weighted by molar-refractivity contribution is -0.0432. The monoisotopic (exact) mass is 377 g/mol. The van der Waals surface area contributed by atoms with Gasteiger partial charge in [0.1, 0.15) is 17.7 Å². The maximum atomic E-state index is 14.2. The summed E-state index contributed by atoms with van der Waals surface area (Å²) >= 11 is 6.09. The van der Waals surface area contributed by atoms with Gasteiger partial charge in [0, 0.05) is 11.5 Å². The number of carbonyl (C=O) groups is 1. The molecule has 1 amide bonds. The van der Waals surface area contributed by atoms with E-state index in [0.717, 1.165) is 31.2 Å². The molecule has 1 aromatic rings. The fraction of sp³-hybridized carbons (Fsp3) is 0.562. The average Bonchev–Trinajstić information content (AvgIpc) is 2.46. The summed E-state index contributed by atoms with van der Waals surface area (Å²) < 4.78 is 43.9. The second-order valence-corrected chi connectivity index (χ2v) is 8.83. The topological polar surface area (TPSA) is 72.5 Å². The third-order valence-electron chi connectivity index (χ3n) is 5.02. The van der Waals surface area contributed by atoms with E-state index in [1.807, 2.05) is 6.92 Å². The van der Waals surface area contributed by atoms with E-state index in [4.69, 9.17) is 16.3 Å². The van der Waals surface area contributed by atoms with Crippen LogP contribution in [0.25, 0.3) is 0 Å². The van der Waals surface area contributed by atoms with Crippen molar-refractivity contribution in [3.63, 3.8) is 0 Å². The van der Waals surface area contributed by atoms with E-state index in [9.17, 15) is 17.6 Å². The van der Waals surface area contributed by atoms with Gasteiger partial charge >= 0.3 is 0 Å². The van der Waals surface area contributed by atoms with Crippen molar-refractivity contribution in [1.29, 1.82) is 0 Å². The molecule has 24 heavy (non-hydrogen) atoms. The van der Waals surface area contributed by atoms with Crippen LogP contribution in [0, 0.1) is 17.2 Å². The molecule has 1 aliphatic rings. The highest BCUT2D eigenvalue weighted by molar-refractivity contribution is 7.89. The predicted molar refractivity (Wildman–Crippen MR) is 90.3 cm³/mol. The highest BCUT2D eigenvalue weighted by Gasteiger charge is 2.45. The van der Waals surface area contributed by atoms with Crippen LogP contribution >= 0.6 is 11.6 Å². The number of halogens is 2. The van der Waals surface area contributed by atoms with Gasteiger partial charge in [-0.1, -0.05) is 25.4 Å². The van der Waals surface area contributed by atoms with E-state index in [1.54, 1.807) is 4.72 Å². The minimum absolute atomic E-state index is 0.00780. The van der Waals surface area contributed by atoms with Crippen molar-refractivity contribution < 1.29 is 22.3 Å². The minimum Gasteiger partial charge on any atom is -0.488 e. The molecular weight excluding hydrogens is 357 g/mol. The van der Waals surface area contributed by atoms with Gasteiger partial charge in [0.05, 0.1) is 16.8 Å². The minimum atomic E-state index is -3.79. The molecule has 0 aliphatic heterocycles. The first-order chi connectivity index (χ1) is 10.9. The van der Waals surface area contributed by atoms with Crippen molar-refractivity contribution in [2.45, 2.75) is 39.7 Å². The van der Waals surface area contributed by atoms with Crippen LogP contribution in [0.15, 0.2) is 12.1 Å². The number of carbonyl (C=O) groups excluding carboxylic acids is 1. The zero-order valence-electron chi connectivity index (χ0n) is 14.0. The number of nitrogens with one attached hydrogen (secondary N) is 1. The number of amides is 1. The van der Waals surface area contributed by atoms with Gasteiger partial charge in [-0.15, -0.1) is 0 Å². The molecule has 1 unspecified atom stereocenters. The van der Waals surface area contributed by atoms with Crippen molar-refractivity contribution in [2.75, 3.05) is 6.26 Å². The first-order valence-corrected chi connectivity index (χ1v) is 9.89. The van der Waals surface area contributed by atoms with Crippen LogP contribution in [0.5, 0.6) is 5.75 Å². The summed E-state index contributed by atoms with van der Waals surface area (Å²) in [7, 11) is -3.79. The molecule has 3 atom stereocenters. The van der Waals surface area contributed by atoms with Gasteiger partial charge < -0.3 is 4.74 Å². The van der Waals surface area contributed by atoms with Crippen molar-refractivity contribution in [2.24, 2.45) is 11.3 Å². The molecule has 1 N–H and O–H groups in total. The van der Waals surface area contributed by atoms with Gasteiger partial charge in [0.2, 0.25) is 10.0 Å². The summed E-state index contributed by atoms with van der Waals surface area (Å²) in [5.74, 6) is -1.33. The zero-order valence-corrected chi connectivity index (χ0v) is 15.6. The van der Waals surface area contributed by atoms with Gasteiger partial charge in [0.15, 0.2) is 0 Å². The molecule has 0 saturated heterocycles. The van der Waals surface area contributed by atoms with Crippen LogP contribution in [0.1, 0.15) is 44.0 Å². The highest BCUT2D eigenvalue weighted by atomic mass is 35.5. The van der Waals surface area contributed by atoms with Crippen molar-refractivity contribution in [3.8, 4) is 5.75 Å². The lowest BCUT2D eigenvalue weighted by Crippen LogP contribution is -2.46. The molecular formula is C16H21ClFNO4S. The quantitative estimate of drug-likeness (QED) is 0.853. The van der Waals surface area contributed by atoms with Gasteiger partial charge in [-0.05, 0) is 31.7 Å². The number of hydrogen-bond donors (Lipinski definition) is 1. The molecule has 1 saturated carbocycles. The Kier molecular flexibility index (Phi) is 5.16. The average molecular weight is 378 g/mol. The summed E-state index contributed by atoms with van der Waals surface area (Å²) in [6, 6.07) is 2.09. The molecule has 5 nitrogen and oxygen atoms in total. The van der Waals surface area contributed by atoms with E-state index in [0.29, 0.717) is 5.92 Å². The van der Waals surface area contributed by atoms with Crippen molar-refractivity contribution in [1.82, 2.24) is 4.72 Å². The second kappa shape index (κ2) is 6.52. The van der Waals surface area contributed by atoms with Crippen LogP contribution in [0.4, 0.5) is 4.39 Å². The molecule has 134 valence electrons. The van der Waals surface area contributed by atoms with Gasteiger partial charge in [-0.25, -0.2) is 17.5 Å². The maximum Gasteiger partial charge on any atom is 0.267 e. The third kappa shape index (κ3) is 3.83. The Morgan fingerprint density at radius 2 is 2.12 bits per heavy atom. The molecule has 1 aliphatic carbocycles. The van der Waals surface area contributed by atoms with Crippen molar-refractivity contribution in [3.05, 3.63) is 28.5 Å². The molecule has 1 aromatic carbocycles. The van der Waals surface area contributed by atoms with Gasteiger partial charge in [-0.2, -0.15) is 0 Å². The van der Waals surface area contributed by atoms with Crippen molar-refractivity contribution >= 4 is 27.5 Å². The maximum absolute atomic E-state index is 14.2. The molecule has 0 aromatic heterocycles. The molecule has 1 fully saturated rings. The molecule has 2 rings (SSSR count). The summed E-state index contributed by atoms with van der Waals surface area (Å²) in [4.78, 5) is 11.8. The largest absolute Gasteiger partial charge is 0.488 e. The Morgan fingerprint density at radius 1 is 1.50 bits per heavy atom. The van der Waals surface area contributed by atoms with Gasteiger partial charge in [0.25, 0.3) is 5.91 Å². The Morgan fingerprint density at radius 3 is 2.58 bits per heavy atom. The van der Waals surface area contributed by atoms with Crippen LogP contribution in [0.3, 0.4) is 0 Å². The summed E-state index contributed by atoms with van der Waals surface area (Å²) in [5, 5.41) is 0.0532. The normalized spacial score (nSPS) is 24.8. The van der Waals surface area contributed by atoms with Gasteiger partial charge in [-0.3, -0.25) is 4.79 Å². The van der Waals surface area contributed by atoms with Crippen LogP contribution in [0.2, 0.25) is 5.02 Å². The Hall–Kier alpha value is -1.34. The number of benzene rings is 1. The number of hydrogen-bond acceptors (Lipinski definition) is 4. The fourth-order valence-electron chi connectivity index (χ4n) is 2.83. The van der Waals surface area contributed by atoms with E-state index in [-0.39, 0.29) is 22.3 Å². The van der Waals surface area contributed by atoms with E-state index in [1.165, 1.54) is 0 Å². The first-order valence-electron chi connectivity index (χ1n) is 7.62. The Balaban J connectivity index is 2.22. The Labute approximate surface area is 146 Å². The van der Waals surface area contributed by atoms with Crippen LogP contribution < -0.4 is 9.46 Å². The Bertz CT molecular complexity index is 768. The second-order valence-electron chi connectivity index (χ2n) is 6.67. The first kappa shape index (κ1) is 19.0. The summed E-state index contributed by atoms with van der Waals surface area (Å²) in [5.41, 5.74) is -0.458. The molecule has 0 spiro atoms. The molecule has 8 heteroatoms. The zero-order chi connectivity index (χ0) is 18.3. The lowest BCUT2D eigenvalue weighted by atomic mass is 9.59. The standard InChI is InChI=1S/C16H21ClFNO4S/c1-9-5-6-16(9,3)10(2)23-14-8-13(18)11(7-12(14)17)15(20)19-24(4,21)22/h7-10H,5-6H2,1-4H3,(H,19,20)/t9?,10-,16+/m0/s1. The van der Waals surface area contributed by atoms with E-state index >= 15 is 0 Å². The fourth-order valence-corrected chi connectivity index (χ4v) is 3.49. The SMILES string of the molecule is CC1CC[C@@]1(C)[C@H](C)Oc1cc(F)c(C(=O)NS(C)(=O)=O)cc1Cl. The van der Waals surface area contributed by atoms with E-state index in [2.05, 4.69) is 13.8 Å². The number of ether oxygens (including phenoxy) is 1. The highest BCUT2D eigenvalue weighted by Crippen LogP contribution is 2.50. The van der Waals surface area contributed by atoms with Crippen LogP contribution in [-0.2, 0) is 10.0 Å². The number of rotatable bonds is 5. The smallest absolute Gasteiger partial charge is 0.267 e.